The van der Waals surface area contributed by atoms with Gasteiger partial charge in [0.25, 0.3) is 0 Å². The van der Waals surface area contributed by atoms with Crippen molar-refractivity contribution >= 4 is 11.8 Å². The van der Waals surface area contributed by atoms with Gasteiger partial charge in [-0.25, -0.2) is 4.98 Å². The lowest BCUT2D eigenvalue weighted by atomic mass is 9.98. The highest BCUT2D eigenvalue weighted by Gasteiger charge is 2.08. The van der Waals surface area contributed by atoms with Crippen LogP contribution in [0.3, 0.4) is 0 Å². The van der Waals surface area contributed by atoms with E-state index in [9.17, 15) is 0 Å². The quantitative estimate of drug-likeness (QED) is 0.803. The number of aryl methyl sites for hydroxylation is 1. The molecule has 0 saturated carbocycles. The van der Waals surface area contributed by atoms with Crippen LogP contribution in [0.2, 0.25) is 0 Å². The van der Waals surface area contributed by atoms with Crippen LogP contribution in [-0.2, 0) is 0 Å². The Morgan fingerprint density at radius 1 is 1.31 bits per heavy atom. The fourth-order valence-electron chi connectivity index (χ4n) is 1.23. The van der Waals surface area contributed by atoms with Crippen LogP contribution in [0.15, 0.2) is 6.20 Å². The van der Waals surface area contributed by atoms with Gasteiger partial charge in [-0.15, -0.1) is 0 Å². The lowest BCUT2D eigenvalue weighted by Gasteiger charge is -2.17. The molecule has 0 aliphatic rings. The number of hydrogen-bond acceptors (Lipinski definition) is 4. The van der Waals surface area contributed by atoms with Crippen molar-refractivity contribution in [2.45, 2.75) is 27.7 Å². The number of anilines is 2. The monoisotopic (exact) mass is 222 g/mol. The average Bonchev–Trinajstić information content (AvgIpc) is 2.27. The van der Waals surface area contributed by atoms with Gasteiger partial charge in [-0.3, -0.25) is 0 Å². The molecular weight excluding hydrogens is 200 g/mol. The van der Waals surface area contributed by atoms with Crippen LogP contribution in [0, 0.1) is 18.8 Å². The molecule has 4 nitrogen and oxygen atoms in total. The van der Waals surface area contributed by atoms with E-state index in [-0.39, 0.29) is 0 Å². The number of hydrogen-bond donors (Lipinski definition) is 2. The predicted molar refractivity (Wildman–Crippen MR) is 68.8 cm³/mol. The summed E-state index contributed by atoms with van der Waals surface area (Å²) in [6, 6.07) is 0. The molecule has 0 saturated heterocycles. The molecule has 0 amide bonds. The number of nitrogens with one attached hydrogen (secondary N) is 2. The van der Waals surface area contributed by atoms with Crippen molar-refractivity contribution in [3.05, 3.63) is 11.8 Å². The Bertz CT molecular complexity index is 336. The summed E-state index contributed by atoms with van der Waals surface area (Å²) in [7, 11) is 1.82. The van der Waals surface area contributed by atoms with Crippen LogP contribution in [0.25, 0.3) is 0 Å². The lowest BCUT2D eigenvalue weighted by molar-refractivity contribution is 0.439. The first-order chi connectivity index (χ1) is 7.54. The minimum Gasteiger partial charge on any atom is -0.369 e. The molecule has 2 N–H and O–H groups in total. The average molecular weight is 222 g/mol. The van der Waals surface area contributed by atoms with Gasteiger partial charge in [-0.1, -0.05) is 20.8 Å². The minimum absolute atomic E-state index is 0.632. The first-order valence-corrected chi connectivity index (χ1v) is 5.79. The van der Waals surface area contributed by atoms with Crippen LogP contribution in [-0.4, -0.2) is 23.6 Å². The van der Waals surface area contributed by atoms with Gasteiger partial charge < -0.3 is 10.6 Å². The summed E-state index contributed by atoms with van der Waals surface area (Å²) < 4.78 is 0. The number of aromatic nitrogens is 2. The Hall–Kier alpha value is -1.32. The van der Waals surface area contributed by atoms with E-state index in [0.717, 1.165) is 17.9 Å². The number of rotatable bonds is 5. The molecule has 0 aliphatic carbocycles. The third-order valence-corrected chi connectivity index (χ3v) is 2.92. The first-order valence-electron chi connectivity index (χ1n) is 5.79. The summed E-state index contributed by atoms with van der Waals surface area (Å²) in [4.78, 5) is 8.55. The van der Waals surface area contributed by atoms with Crippen molar-refractivity contribution < 1.29 is 0 Å². The Labute approximate surface area is 97.9 Å². The summed E-state index contributed by atoms with van der Waals surface area (Å²) in [5, 5.41) is 6.32. The molecule has 0 spiro atoms. The van der Waals surface area contributed by atoms with Gasteiger partial charge in [0.05, 0.1) is 0 Å². The highest BCUT2D eigenvalue weighted by molar-refractivity contribution is 5.46. The summed E-state index contributed by atoms with van der Waals surface area (Å²) in [5.74, 6) is 2.89. The highest BCUT2D eigenvalue weighted by atomic mass is 15.1. The van der Waals surface area contributed by atoms with Gasteiger partial charge >= 0.3 is 0 Å². The Morgan fingerprint density at radius 2 is 2.00 bits per heavy atom. The van der Waals surface area contributed by atoms with Crippen molar-refractivity contribution in [3.8, 4) is 0 Å². The topological polar surface area (TPSA) is 49.8 Å². The summed E-state index contributed by atoms with van der Waals surface area (Å²) in [6.45, 7) is 9.67. The van der Waals surface area contributed by atoms with E-state index in [1.165, 1.54) is 0 Å². The van der Waals surface area contributed by atoms with E-state index in [1.54, 1.807) is 0 Å². The molecule has 1 aromatic heterocycles. The van der Waals surface area contributed by atoms with E-state index < -0.39 is 0 Å². The fourth-order valence-corrected chi connectivity index (χ4v) is 1.23. The largest absolute Gasteiger partial charge is 0.369 e. The SMILES string of the molecule is CNc1ncc(C)c(NCC(C)C(C)C)n1. The zero-order valence-corrected chi connectivity index (χ0v) is 10.8. The third kappa shape index (κ3) is 3.36. The van der Waals surface area contributed by atoms with Gasteiger partial charge in [-0.05, 0) is 18.8 Å². The molecule has 1 aromatic rings. The second-order valence-corrected chi connectivity index (χ2v) is 4.58. The van der Waals surface area contributed by atoms with Crippen molar-refractivity contribution in [2.75, 3.05) is 24.2 Å². The smallest absolute Gasteiger partial charge is 0.224 e. The van der Waals surface area contributed by atoms with E-state index in [2.05, 4.69) is 41.4 Å². The van der Waals surface area contributed by atoms with Gasteiger partial charge in [0.15, 0.2) is 0 Å². The molecule has 0 aliphatic heterocycles. The summed E-state index contributed by atoms with van der Waals surface area (Å²) in [6.07, 6.45) is 1.83. The Kier molecular flexibility index (Phi) is 4.52. The standard InChI is InChI=1S/C12H22N4/c1-8(2)9(3)6-14-11-10(4)7-15-12(13-5)16-11/h7-9H,6H2,1-5H3,(H2,13,14,15,16). The Morgan fingerprint density at radius 3 is 2.56 bits per heavy atom. The lowest BCUT2D eigenvalue weighted by Crippen LogP contribution is -2.17. The highest BCUT2D eigenvalue weighted by Crippen LogP contribution is 2.15. The summed E-state index contributed by atoms with van der Waals surface area (Å²) >= 11 is 0. The van der Waals surface area contributed by atoms with Crippen LogP contribution in [0.5, 0.6) is 0 Å². The van der Waals surface area contributed by atoms with Crippen LogP contribution in [0.1, 0.15) is 26.3 Å². The van der Waals surface area contributed by atoms with Crippen LogP contribution in [0.4, 0.5) is 11.8 Å². The van der Waals surface area contributed by atoms with E-state index in [4.69, 9.17) is 0 Å². The van der Waals surface area contributed by atoms with Crippen molar-refractivity contribution in [2.24, 2.45) is 11.8 Å². The van der Waals surface area contributed by atoms with Crippen molar-refractivity contribution in [1.29, 1.82) is 0 Å². The summed E-state index contributed by atoms with van der Waals surface area (Å²) in [5.41, 5.74) is 1.08. The molecule has 0 aromatic carbocycles. The second kappa shape index (κ2) is 5.68. The fraction of sp³-hybridized carbons (Fsp3) is 0.667. The molecule has 4 heteroatoms. The second-order valence-electron chi connectivity index (χ2n) is 4.58. The molecule has 0 radical (unpaired) electrons. The van der Waals surface area contributed by atoms with E-state index >= 15 is 0 Å². The Balaban J connectivity index is 2.65. The molecular formula is C12H22N4. The van der Waals surface area contributed by atoms with E-state index in [1.807, 2.05) is 20.2 Å². The molecule has 1 unspecified atom stereocenters. The maximum Gasteiger partial charge on any atom is 0.224 e. The maximum atomic E-state index is 4.39. The maximum absolute atomic E-state index is 4.39. The van der Waals surface area contributed by atoms with Gasteiger partial charge in [0.2, 0.25) is 5.95 Å². The zero-order chi connectivity index (χ0) is 12.1. The molecule has 0 bridgehead atoms. The van der Waals surface area contributed by atoms with Crippen LogP contribution < -0.4 is 10.6 Å². The molecule has 0 fully saturated rings. The first kappa shape index (κ1) is 12.7. The minimum atomic E-state index is 0.632. The molecule has 1 heterocycles. The van der Waals surface area contributed by atoms with E-state index in [0.29, 0.717) is 17.8 Å². The van der Waals surface area contributed by atoms with Gasteiger partial charge in [-0.2, -0.15) is 4.98 Å². The number of nitrogens with zero attached hydrogens (tertiary/aromatic N) is 2. The third-order valence-electron chi connectivity index (χ3n) is 2.92. The molecule has 1 atom stereocenters. The molecule has 1 rings (SSSR count). The van der Waals surface area contributed by atoms with Crippen LogP contribution >= 0.6 is 0 Å². The molecule has 90 valence electrons. The van der Waals surface area contributed by atoms with Gasteiger partial charge in [0, 0.05) is 25.4 Å². The predicted octanol–water partition coefficient (Wildman–Crippen LogP) is 2.53. The molecule has 16 heavy (non-hydrogen) atoms. The van der Waals surface area contributed by atoms with Crippen molar-refractivity contribution in [1.82, 2.24) is 9.97 Å². The normalized spacial score (nSPS) is 12.6. The zero-order valence-electron chi connectivity index (χ0n) is 10.8. The van der Waals surface area contributed by atoms with Gasteiger partial charge in [0.1, 0.15) is 5.82 Å². The van der Waals surface area contributed by atoms with Crippen molar-refractivity contribution in [3.63, 3.8) is 0 Å².